The van der Waals surface area contributed by atoms with Gasteiger partial charge in [0.15, 0.2) is 0 Å². The second kappa shape index (κ2) is 8.99. The molecule has 0 fully saturated rings. The molecule has 2 atom stereocenters. The second-order valence-corrected chi connectivity index (χ2v) is 9.09. The number of benzene rings is 2. The number of carbonyl (C=O) groups is 1. The molecule has 8 heteroatoms. The first-order valence-corrected chi connectivity index (χ1v) is 10.9. The third-order valence-electron chi connectivity index (χ3n) is 5.16. The number of hydrogen-bond donors (Lipinski definition) is 1. The van der Waals surface area contributed by atoms with Crippen LogP contribution in [0, 0.1) is 6.92 Å². The standard InChI is InChI=1S/C22H25NO6S/c1-15-4-7-18(8-5-15)30(26,27)23-13-16-12-17(28-2)6-9-19(16)20(21(24)14-23)10-11-22(25)29-3/h4-12,20-21,24H,13-14H2,1-3H3/b11-10+. The molecular weight excluding hydrogens is 406 g/mol. The molecule has 2 aromatic carbocycles. The Balaban J connectivity index is 2.05. The van der Waals surface area contributed by atoms with Crippen LogP contribution in [0.15, 0.2) is 59.5 Å². The maximum Gasteiger partial charge on any atom is 0.330 e. The maximum absolute atomic E-state index is 13.3. The molecule has 0 radical (unpaired) electrons. The van der Waals surface area contributed by atoms with Crippen LogP contribution in [-0.4, -0.2) is 50.7 Å². The Morgan fingerprint density at radius 3 is 2.50 bits per heavy atom. The topological polar surface area (TPSA) is 93.1 Å². The van der Waals surface area contributed by atoms with Crippen LogP contribution < -0.4 is 4.74 Å². The summed E-state index contributed by atoms with van der Waals surface area (Å²) in [5.74, 6) is -0.553. The number of aliphatic hydroxyl groups excluding tert-OH is 1. The Labute approximate surface area is 176 Å². The summed E-state index contributed by atoms with van der Waals surface area (Å²) in [5.41, 5.74) is 2.37. The van der Waals surface area contributed by atoms with Gasteiger partial charge in [0.2, 0.25) is 10.0 Å². The molecule has 7 nitrogen and oxygen atoms in total. The number of nitrogens with zero attached hydrogens (tertiary/aromatic N) is 1. The van der Waals surface area contributed by atoms with E-state index in [4.69, 9.17) is 4.74 Å². The Morgan fingerprint density at radius 1 is 1.17 bits per heavy atom. The quantitative estimate of drug-likeness (QED) is 0.577. The van der Waals surface area contributed by atoms with Crippen molar-refractivity contribution in [2.45, 2.75) is 30.4 Å². The fourth-order valence-electron chi connectivity index (χ4n) is 3.48. The number of carbonyl (C=O) groups excluding carboxylic acids is 1. The fourth-order valence-corrected chi connectivity index (χ4v) is 4.92. The maximum atomic E-state index is 13.3. The van der Waals surface area contributed by atoms with Crippen LogP contribution in [-0.2, 0) is 26.1 Å². The normalized spacial score (nSPS) is 19.9. The molecular formula is C22H25NO6S. The minimum absolute atomic E-state index is 0.0718. The highest BCUT2D eigenvalue weighted by atomic mass is 32.2. The van der Waals surface area contributed by atoms with E-state index in [0.717, 1.165) is 11.1 Å². The molecule has 0 amide bonds. The van der Waals surface area contributed by atoms with Crippen molar-refractivity contribution in [3.05, 3.63) is 71.3 Å². The van der Waals surface area contributed by atoms with Crippen molar-refractivity contribution < 1.29 is 27.8 Å². The first kappa shape index (κ1) is 22.0. The highest BCUT2D eigenvalue weighted by molar-refractivity contribution is 7.89. The van der Waals surface area contributed by atoms with Gasteiger partial charge in [0.05, 0.1) is 25.2 Å². The average molecular weight is 432 g/mol. The van der Waals surface area contributed by atoms with E-state index in [1.807, 2.05) is 6.92 Å². The van der Waals surface area contributed by atoms with E-state index >= 15 is 0 Å². The van der Waals surface area contributed by atoms with Gasteiger partial charge in [0, 0.05) is 25.1 Å². The van der Waals surface area contributed by atoms with Crippen LogP contribution in [0.1, 0.15) is 22.6 Å². The number of esters is 1. The molecule has 2 aromatic rings. The zero-order valence-electron chi connectivity index (χ0n) is 17.1. The lowest BCUT2D eigenvalue weighted by Crippen LogP contribution is -2.36. The van der Waals surface area contributed by atoms with E-state index in [-0.39, 0.29) is 18.0 Å². The first-order chi connectivity index (χ1) is 14.3. The van der Waals surface area contributed by atoms with Gasteiger partial charge in [-0.2, -0.15) is 4.31 Å². The van der Waals surface area contributed by atoms with Crippen molar-refractivity contribution in [3.8, 4) is 5.75 Å². The van der Waals surface area contributed by atoms with Crippen molar-refractivity contribution >= 4 is 16.0 Å². The number of β-amino-alcohol motifs (C(OH)–C–C–N with tert-alkyl or cyclic N) is 1. The highest BCUT2D eigenvalue weighted by Gasteiger charge is 2.34. The van der Waals surface area contributed by atoms with Gasteiger partial charge in [0.1, 0.15) is 5.75 Å². The van der Waals surface area contributed by atoms with Crippen LogP contribution in [0.2, 0.25) is 0 Å². The van der Waals surface area contributed by atoms with Gasteiger partial charge in [-0.3, -0.25) is 0 Å². The highest BCUT2D eigenvalue weighted by Crippen LogP contribution is 2.34. The zero-order valence-corrected chi connectivity index (χ0v) is 17.9. The molecule has 0 aliphatic carbocycles. The third-order valence-corrected chi connectivity index (χ3v) is 6.99. The minimum atomic E-state index is -3.84. The molecule has 1 aliphatic rings. The molecule has 30 heavy (non-hydrogen) atoms. The molecule has 0 spiro atoms. The van der Waals surface area contributed by atoms with E-state index in [2.05, 4.69) is 4.74 Å². The number of fused-ring (bicyclic) bond motifs is 1. The van der Waals surface area contributed by atoms with Crippen LogP contribution in [0.25, 0.3) is 0 Å². The predicted molar refractivity (Wildman–Crippen MR) is 112 cm³/mol. The summed E-state index contributed by atoms with van der Waals surface area (Å²) in [6.45, 7) is 1.83. The summed E-state index contributed by atoms with van der Waals surface area (Å²) in [7, 11) is -1.04. The van der Waals surface area contributed by atoms with Crippen LogP contribution in [0.3, 0.4) is 0 Å². The number of ether oxygens (including phenoxy) is 2. The first-order valence-electron chi connectivity index (χ1n) is 9.44. The van der Waals surface area contributed by atoms with Crippen molar-refractivity contribution in [2.24, 2.45) is 0 Å². The van der Waals surface area contributed by atoms with Crippen LogP contribution in [0.4, 0.5) is 0 Å². The largest absolute Gasteiger partial charge is 0.497 e. The molecule has 1 N–H and O–H groups in total. The Hall–Kier alpha value is -2.68. The summed E-state index contributed by atoms with van der Waals surface area (Å²) in [6, 6.07) is 11.9. The molecule has 0 saturated heterocycles. The molecule has 3 rings (SSSR count). The molecule has 0 bridgehead atoms. The molecule has 1 aliphatic heterocycles. The lowest BCUT2D eigenvalue weighted by atomic mass is 9.90. The summed E-state index contributed by atoms with van der Waals surface area (Å²) >= 11 is 0. The zero-order chi connectivity index (χ0) is 21.9. The van der Waals surface area contributed by atoms with E-state index < -0.39 is 28.0 Å². The van der Waals surface area contributed by atoms with Crippen LogP contribution in [0.5, 0.6) is 5.75 Å². The number of sulfonamides is 1. The molecule has 160 valence electrons. The molecule has 2 unspecified atom stereocenters. The van der Waals surface area contributed by atoms with Crippen LogP contribution >= 0.6 is 0 Å². The van der Waals surface area contributed by atoms with Gasteiger partial charge < -0.3 is 14.6 Å². The average Bonchev–Trinajstić information content (AvgIpc) is 2.87. The summed E-state index contributed by atoms with van der Waals surface area (Å²) in [6.07, 6.45) is 1.73. The van der Waals surface area contributed by atoms with Gasteiger partial charge in [-0.1, -0.05) is 29.8 Å². The molecule has 1 heterocycles. The van der Waals surface area contributed by atoms with Gasteiger partial charge >= 0.3 is 5.97 Å². The van der Waals surface area contributed by atoms with Crippen molar-refractivity contribution in [2.75, 3.05) is 20.8 Å². The van der Waals surface area contributed by atoms with Crippen molar-refractivity contribution in [1.82, 2.24) is 4.31 Å². The summed E-state index contributed by atoms with van der Waals surface area (Å²) < 4.78 is 37.7. The van der Waals surface area contributed by atoms with Gasteiger partial charge in [-0.25, -0.2) is 13.2 Å². The van der Waals surface area contributed by atoms with Gasteiger partial charge in [-0.15, -0.1) is 0 Å². The predicted octanol–water partition coefficient (Wildman–Crippen LogP) is 2.38. The van der Waals surface area contributed by atoms with E-state index in [1.165, 1.54) is 24.6 Å². The molecule has 0 saturated carbocycles. The lowest BCUT2D eigenvalue weighted by Gasteiger charge is -2.23. The number of rotatable bonds is 5. The minimum Gasteiger partial charge on any atom is -0.497 e. The van der Waals surface area contributed by atoms with E-state index in [9.17, 15) is 18.3 Å². The van der Waals surface area contributed by atoms with Gasteiger partial charge in [0.25, 0.3) is 0 Å². The van der Waals surface area contributed by atoms with Crippen molar-refractivity contribution in [1.29, 1.82) is 0 Å². The Bertz CT molecular complexity index is 1050. The SMILES string of the molecule is COC(=O)/C=C/C1c2ccc(OC)cc2CN(S(=O)(=O)c2ccc(C)cc2)CC1O. The van der Waals surface area contributed by atoms with E-state index in [0.29, 0.717) is 11.3 Å². The third kappa shape index (κ3) is 4.56. The fraction of sp³-hybridized carbons (Fsp3) is 0.318. The molecule has 0 aromatic heterocycles. The summed E-state index contributed by atoms with van der Waals surface area (Å²) in [5, 5.41) is 10.9. The van der Waals surface area contributed by atoms with Crippen molar-refractivity contribution in [3.63, 3.8) is 0 Å². The lowest BCUT2D eigenvalue weighted by molar-refractivity contribution is -0.134. The Kier molecular flexibility index (Phi) is 6.60. The second-order valence-electron chi connectivity index (χ2n) is 7.15. The van der Waals surface area contributed by atoms with E-state index in [1.54, 1.807) is 48.5 Å². The summed E-state index contributed by atoms with van der Waals surface area (Å²) in [4.78, 5) is 11.7. The number of aliphatic hydroxyl groups is 1. The van der Waals surface area contributed by atoms with Gasteiger partial charge in [-0.05, 0) is 42.3 Å². The number of hydrogen-bond acceptors (Lipinski definition) is 6. The number of aryl methyl sites for hydroxylation is 1. The number of methoxy groups -OCH3 is 2. The monoisotopic (exact) mass is 431 g/mol. The smallest absolute Gasteiger partial charge is 0.330 e. The Morgan fingerprint density at radius 2 is 1.87 bits per heavy atom.